The van der Waals surface area contributed by atoms with E-state index in [-0.39, 0.29) is 18.6 Å². The lowest BCUT2D eigenvalue weighted by atomic mass is 9.92. The van der Waals surface area contributed by atoms with Gasteiger partial charge in [-0.25, -0.2) is 0 Å². The first kappa shape index (κ1) is 19.4. The Hall–Kier alpha value is -2.39. The predicted molar refractivity (Wildman–Crippen MR) is 104 cm³/mol. The first-order chi connectivity index (χ1) is 13.2. The van der Waals surface area contributed by atoms with Crippen LogP contribution in [0.25, 0.3) is 0 Å². The van der Waals surface area contributed by atoms with Crippen LogP contribution < -0.4 is 5.32 Å². The summed E-state index contributed by atoms with van der Waals surface area (Å²) in [6.07, 6.45) is 2.10. The SMILES string of the molecule is N#CC(c1ccccc1)c1ccc(NC(=O)COCC2CCCO2)cc1Cl. The fourth-order valence-corrected chi connectivity index (χ4v) is 3.35. The molecular weight excluding hydrogens is 364 g/mol. The van der Waals surface area contributed by atoms with Crippen molar-refractivity contribution in [1.82, 2.24) is 0 Å². The highest BCUT2D eigenvalue weighted by Crippen LogP contribution is 2.31. The number of anilines is 1. The number of hydrogen-bond acceptors (Lipinski definition) is 4. The Bertz CT molecular complexity index is 814. The van der Waals surface area contributed by atoms with Crippen molar-refractivity contribution in [2.75, 3.05) is 25.1 Å². The van der Waals surface area contributed by atoms with E-state index >= 15 is 0 Å². The Morgan fingerprint density at radius 1 is 1.33 bits per heavy atom. The van der Waals surface area contributed by atoms with Crippen LogP contribution in [-0.2, 0) is 14.3 Å². The molecule has 0 aromatic heterocycles. The van der Waals surface area contributed by atoms with Gasteiger partial charge in [0.05, 0.1) is 24.7 Å². The Morgan fingerprint density at radius 3 is 2.81 bits per heavy atom. The van der Waals surface area contributed by atoms with E-state index in [4.69, 9.17) is 21.1 Å². The first-order valence-electron chi connectivity index (χ1n) is 8.90. The number of halogens is 1. The van der Waals surface area contributed by atoms with Crippen LogP contribution >= 0.6 is 11.6 Å². The van der Waals surface area contributed by atoms with Crippen molar-refractivity contribution in [2.45, 2.75) is 24.9 Å². The largest absolute Gasteiger partial charge is 0.376 e. The van der Waals surface area contributed by atoms with Crippen LogP contribution in [0.2, 0.25) is 5.02 Å². The highest BCUT2D eigenvalue weighted by Gasteiger charge is 2.18. The summed E-state index contributed by atoms with van der Waals surface area (Å²) in [6, 6.07) is 16.9. The number of nitrogens with one attached hydrogen (secondary N) is 1. The van der Waals surface area contributed by atoms with Crippen molar-refractivity contribution in [1.29, 1.82) is 5.26 Å². The van der Waals surface area contributed by atoms with Gasteiger partial charge in [0, 0.05) is 17.3 Å². The van der Waals surface area contributed by atoms with E-state index in [1.54, 1.807) is 18.2 Å². The van der Waals surface area contributed by atoms with E-state index in [0.29, 0.717) is 22.9 Å². The quantitative estimate of drug-likeness (QED) is 0.779. The Labute approximate surface area is 163 Å². The van der Waals surface area contributed by atoms with Gasteiger partial charge in [-0.15, -0.1) is 0 Å². The molecule has 1 saturated heterocycles. The molecule has 2 atom stereocenters. The first-order valence-corrected chi connectivity index (χ1v) is 9.28. The van der Waals surface area contributed by atoms with Gasteiger partial charge in [-0.3, -0.25) is 4.79 Å². The topological polar surface area (TPSA) is 71.4 Å². The third kappa shape index (κ3) is 5.30. The minimum Gasteiger partial charge on any atom is -0.376 e. The van der Waals surface area contributed by atoms with Crippen molar-refractivity contribution in [3.05, 3.63) is 64.7 Å². The zero-order chi connectivity index (χ0) is 19.1. The monoisotopic (exact) mass is 384 g/mol. The highest BCUT2D eigenvalue weighted by molar-refractivity contribution is 6.31. The molecule has 2 aromatic carbocycles. The molecule has 0 saturated carbocycles. The summed E-state index contributed by atoms with van der Waals surface area (Å²) >= 11 is 6.38. The van der Waals surface area contributed by atoms with Crippen molar-refractivity contribution in [3.8, 4) is 6.07 Å². The average molecular weight is 385 g/mol. The molecule has 140 valence electrons. The van der Waals surface area contributed by atoms with Crippen LogP contribution in [0.4, 0.5) is 5.69 Å². The standard InChI is InChI=1S/C21H21ClN2O3/c22-20-11-16(24-21(25)14-26-13-17-7-4-10-27-17)8-9-18(20)19(12-23)15-5-2-1-3-6-15/h1-3,5-6,8-9,11,17,19H,4,7,10,13-14H2,(H,24,25). The summed E-state index contributed by atoms with van der Waals surface area (Å²) in [5.41, 5.74) is 2.15. The number of hydrogen-bond donors (Lipinski definition) is 1. The molecule has 2 aromatic rings. The molecule has 1 N–H and O–H groups in total. The van der Waals surface area contributed by atoms with E-state index in [9.17, 15) is 10.1 Å². The van der Waals surface area contributed by atoms with Gasteiger partial charge in [0.1, 0.15) is 6.61 Å². The fraction of sp³-hybridized carbons (Fsp3) is 0.333. The fourth-order valence-electron chi connectivity index (χ4n) is 3.06. The molecule has 2 unspecified atom stereocenters. The molecule has 0 radical (unpaired) electrons. The molecule has 0 aliphatic carbocycles. The van der Waals surface area contributed by atoms with Gasteiger partial charge in [-0.05, 0) is 36.1 Å². The maximum Gasteiger partial charge on any atom is 0.250 e. The van der Waals surface area contributed by atoms with Gasteiger partial charge in [0.25, 0.3) is 0 Å². The Morgan fingerprint density at radius 2 is 2.15 bits per heavy atom. The zero-order valence-electron chi connectivity index (χ0n) is 14.9. The van der Waals surface area contributed by atoms with Crippen LogP contribution in [-0.4, -0.2) is 31.8 Å². The van der Waals surface area contributed by atoms with Gasteiger partial charge in [-0.1, -0.05) is 48.0 Å². The van der Waals surface area contributed by atoms with Crippen LogP contribution in [0.15, 0.2) is 48.5 Å². The summed E-state index contributed by atoms with van der Waals surface area (Å²) in [4.78, 5) is 12.0. The number of nitriles is 1. The lowest BCUT2D eigenvalue weighted by Gasteiger charge is -2.14. The van der Waals surface area contributed by atoms with Crippen molar-refractivity contribution >= 4 is 23.2 Å². The smallest absolute Gasteiger partial charge is 0.250 e. The van der Waals surface area contributed by atoms with Crippen molar-refractivity contribution < 1.29 is 14.3 Å². The maximum atomic E-state index is 12.0. The van der Waals surface area contributed by atoms with E-state index in [1.165, 1.54) is 0 Å². The molecular formula is C21H21ClN2O3. The number of carbonyl (C=O) groups is 1. The van der Waals surface area contributed by atoms with Gasteiger partial charge in [0.2, 0.25) is 5.91 Å². The van der Waals surface area contributed by atoms with Gasteiger partial charge in [-0.2, -0.15) is 5.26 Å². The van der Waals surface area contributed by atoms with Crippen LogP contribution in [0.1, 0.15) is 29.9 Å². The molecule has 27 heavy (non-hydrogen) atoms. The van der Waals surface area contributed by atoms with Crippen LogP contribution in [0.5, 0.6) is 0 Å². The van der Waals surface area contributed by atoms with Gasteiger partial charge < -0.3 is 14.8 Å². The number of ether oxygens (including phenoxy) is 2. The Balaban J connectivity index is 1.59. The van der Waals surface area contributed by atoms with E-state index < -0.39 is 5.92 Å². The normalized spacial score (nSPS) is 17.3. The molecule has 0 spiro atoms. The molecule has 1 amide bonds. The van der Waals surface area contributed by atoms with Crippen molar-refractivity contribution in [2.24, 2.45) is 0 Å². The lowest BCUT2D eigenvalue weighted by molar-refractivity contribution is -0.121. The summed E-state index contributed by atoms with van der Waals surface area (Å²) < 4.78 is 10.9. The number of amides is 1. The van der Waals surface area contributed by atoms with Crippen LogP contribution in [0.3, 0.4) is 0 Å². The minimum absolute atomic E-state index is 0.0376. The molecule has 1 aliphatic rings. The van der Waals surface area contributed by atoms with E-state index in [0.717, 1.165) is 25.0 Å². The number of nitrogens with zero attached hydrogens (tertiary/aromatic N) is 1. The molecule has 6 heteroatoms. The third-order valence-electron chi connectivity index (χ3n) is 4.42. The maximum absolute atomic E-state index is 12.0. The molecule has 5 nitrogen and oxygen atoms in total. The second-order valence-electron chi connectivity index (χ2n) is 6.41. The average Bonchev–Trinajstić information content (AvgIpc) is 3.18. The lowest BCUT2D eigenvalue weighted by Crippen LogP contribution is -2.22. The summed E-state index contributed by atoms with van der Waals surface area (Å²) in [7, 11) is 0. The second kappa shape index (κ2) is 9.52. The van der Waals surface area contributed by atoms with Gasteiger partial charge in [0.15, 0.2) is 0 Å². The Kier molecular flexibility index (Phi) is 6.83. The zero-order valence-corrected chi connectivity index (χ0v) is 15.6. The predicted octanol–water partition coefficient (Wildman–Crippen LogP) is 4.13. The van der Waals surface area contributed by atoms with Gasteiger partial charge >= 0.3 is 0 Å². The number of rotatable bonds is 7. The van der Waals surface area contributed by atoms with E-state index in [1.807, 2.05) is 30.3 Å². The molecule has 1 heterocycles. The summed E-state index contributed by atoms with van der Waals surface area (Å²) in [5, 5.41) is 12.7. The summed E-state index contributed by atoms with van der Waals surface area (Å²) in [5.74, 6) is -0.713. The molecule has 0 bridgehead atoms. The van der Waals surface area contributed by atoms with E-state index in [2.05, 4.69) is 11.4 Å². The highest BCUT2D eigenvalue weighted by atomic mass is 35.5. The molecule has 1 aliphatic heterocycles. The molecule has 1 fully saturated rings. The minimum atomic E-state index is -0.460. The third-order valence-corrected chi connectivity index (χ3v) is 4.75. The molecule has 3 rings (SSSR count). The second-order valence-corrected chi connectivity index (χ2v) is 6.81. The van der Waals surface area contributed by atoms with Crippen LogP contribution in [0, 0.1) is 11.3 Å². The van der Waals surface area contributed by atoms with Crippen molar-refractivity contribution in [3.63, 3.8) is 0 Å². The summed E-state index contributed by atoms with van der Waals surface area (Å²) in [6.45, 7) is 1.15. The number of carbonyl (C=O) groups excluding carboxylic acids is 1. The number of benzene rings is 2.